The molecule has 5 nitrogen and oxygen atoms in total. The molecule has 26 heavy (non-hydrogen) atoms. The average Bonchev–Trinajstić information content (AvgIpc) is 3.15. The Morgan fingerprint density at radius 1 is 1.23 bits per heavy atom. The van der Waals surface area contributed by atoms with Crippen molar-refractivity contribution in [3.63, 3.8) is 0 Å². The Hall–Kier alpha value is -1.24. The molecule has 2 aromatic heterocycles. The molecule has 2 aliphatic rings. The third-order valence-corrected chi connectivity index (χ3v) is 7.30. The third-order valence-electron chi connectivity index (χ3n) is 6.12. The van der Waals surface area contributed by atoms with Gasteiger partial charge in [-0.1, -0.05) is 0 Å². The summed E-state index contributed by atoms with van der Waals surface area (Å²) in [5.74, 6) is 1.45. The van der Waals surface area contributed by atoms with Crippen molar-refractivity contribution in [3.8, 4) is 0 Å². The quantitative estimate of drug-likeness (QED) is 0.834. The van der Waals surface area contributed by atoms with Crippen LogP contribution in [0.25, 0.3) is 10.2 Å². The van der Waals surface area contributed by atoms with Gasteiger partial charge in [0.05, 0.1) is 11.5 Å². The van der Waals surface area contributed by atoms with Crippen molar-refractivity contribution in [2.24, 2.45) is 0 Å². The summed E-state index contributed by atoms with van der Waals surface area (Å²) >= 11 is 1.82. The first kappa shape index (κ1) is 18.1. The molecule has 2 aromatic rings. The highest BCUT2D eigenvalue weighted by molar-refractivity contribution is 7.19. The predicted molar refractivity (Wildman–Crippen MR) is 108 cm³/mol. The highest BCUT2D eigenvalue weighted by Gasteiger charge is 2.31. The molecule has 142 valence electrons. The van der Waals surface area contributed by atoms with Crippen molar-refractivity contribution in [2.75, 3.05) is 19.4 Å². The van der Waals surface area contributed by atoms with Crippen LogP contribution in [0.2, 0.25) is 0 Å². The number of aliphatic hydroxyl groups excluding tert-OH is 1. The number of thiophene rings is 1. The van der Waals surface area contributed by atoms with E-state index in [0.717, 1.165) is 29.9 Å². The molecule has 0 saturated heterocycles. The molecule has 0 unspecified atom stereocenters. The molecule has 2 N–H and O–H groups in total. The first-order valence-electron chi connectivity index (χ1n) is 9.90. The van der Waals surface area contributed by atoms with Crippen molar-refractivity contribution in [1.29, 1.82) is 0 Å². The summed E-state index contributed by atoms with van der Waals surface area (Å²) in [5, 5.41) is 14.9. The third kappa shape index (κ3) is 3.47. The van der Waals surface area contributed by atoms with E-state index in [1.165, 1.54) is 41.5 Å². The second-order valence-corrected chi connectivity index (χ2v) is 9.36. The number of aliphatic hydroxyl groups is 1. The summed E-state index contributed by atoms with van der Waals surface area (Å²) in [6, 6.07) is 1.20. The van der Waals surface area contributed by atoms with Gasteiger partial charge in [-0.05, 0) is 77.4 Å². The predicted octanol–water partition coefficient (Wildman–Crippen LogP) is 3.78. The topological polar surface area (TPSA) is 61.3 Å². The van der Waals surface area contributed by atoms with Crippen LogP contribution < -0.4 is 5.32 Å². The van der Waals surface area contributed by atoms with E-state index in [4.69, 9.17) is 0 Å². The van der Waals surface area contributed by atoms with Crippen LogP contribution in [0.1, 0.15) is 61.8 Å². The highest BCUT2D eigenvalue weighted by atomic mass is 32.1. The van der Waals surface area contributed by atoms with Crippen molar-refractivity contribution < 1.29 is 5.11 Å². The standard InChI is InChI=1S/C20H30N4OS/c1-12(25)10-13-4-9-16-17(13)18-19(21-11-22-20(18)26-16)23-14-5-7-15(8-6-14)24(2)3/h11-15,25H,4-10H2,1-3H3,(H,21,22,23)/t12-,13+,14?,15?/m0/s1. The van der Waals surface area contributed by atoms with Gasteiger partial charge >= 0.3 is 0 Å². The zero-order valence-corrected chi connectivity index (χ0v) is 16.9. The Morgan fingerprint density at radius 2 is 2.00 bits per heavy atom. The summed E-state index contributed by atoms with van der Waals surface area (Å²) in [7, 11) is 4.37. The first-order chi connectivity index (χ1) is 12.5. The maximum absolute atomic E-state index is 9.90. The first-order valence-corrected chi connectivity index (χ1v) is 10.7. The summed E-state index contributed by atoms with van der Waals surface area (Å²) in [5.41, 5.74) is 1.41. The van der Waals surface area contributed by atoms with Crippen LogP contribution >= 0.6 is 11.3 Å². The average molecular weight is 375 g/mol. The van der Waals surface area contributed by atoms with Gasteiger partial charge in [-0.2, -0.15) is 0 Å². The van der Waals surface area contributed by atoms with E-state index >= 15 is 0 Å². The van der Waals surface area contributed by atoms with E-state index in [1.54, 1.807) is 6.33 Å². The highest BCUT2D eigenvalue weighted by Crippen LogP contribution is 2.47. The molecule has 1 fully saturated rings. The molecule has 0 amide bonds. The molecule has 1 saturated carbocycles. The number of rotatable bonds is 5. The van der Waals surface area contributed by atoms with Crippen LogP contribution in [-0.2, 0) is 6.42 Å². The van der Waals surface area contributed by atoms with Gasteiger partial charge in [-0.3, -0.25) is 0 Å². The second-order valence-electron chi connectivity index (χ2n) is 8.28. The zero-order valence-electron chi connectivity index (χ0n) is 16.0. The maximum Gasteiger partial charge on any atom is 0.138 e. The van der Waals surface area contributed by atoms with Crippen LogP contribution in [0.5, 0.6) is 0 Å². The fraction of sp³-hybridized carbons (Fsp3) is 0.700. The molecular weight excluding hydrogens is 344 g/mol. The van der Waals surface area contributed by atoms with E-state index in [2.05, 4.69) is 34.3 Å². The number of hydrogen-bond acceptors (Lipinski definition) is 6. The van der Waals surface area contributed by atoms with Gasteiger partial charge in [-0.25, -0.2) is 9.97 Å². The molecular formula is C20H30N4OS. The molecule has 2 aliphatic carbocycles. The van der Waals surface area contributed by atoms with E-state index in [9.17, 15) is 5.11 Å². The zero-order chi connectivity index (χ0) is 18.3. The molecule has 0 spiro atoms. The number of nitrogens with one attached hydrogen (secondary N) is 1. The summed E-state index contributed by atoms with van der Waals surface area (Å²) in [6.07, 6.45) is 9.40. The van der Waals surface area contributed by atoms with Crippen molar-refractivity contribution in [1.82, 2.24) is 14.9 Å². The SMILES string of the molecule is C[C@H](O)C[C@H]1CCc2sc3ncnc(NC4CCC(N(C)C)CC4)c3c21. The van der Waals surface area contributed by atoms with Crippen LogP contribution in [0.4, 0.5) is 5.82 Å². The maximum atomic E-state index is 9.90. The Kier molecular flexibility index (Phi) is 5.17. The second kappa shape index (κ2) is 7.41. The number of anilines is 1. The molecule has 6 heteroatoms. The van der Waals surface area contributed by atoms with E-state index in [-0.39, 0.29) is 6.10 Å². The minimum atomic E-state index is -0.261. The lowest BCUT2D eigenvalue weighted by Gasteiger charge is -2.33. The van der Waals surface area contributed by atoms with Crippen LogP contribution in [0.3, 0.4) is 0 Å². The van der Waals surface area contributed by atoms with Gasteiger partial charge in [0.15, 0.2) is 0 Å². The fourth-order valence-corrected chi connectivity index (χ4v) is 6.00. The van der Waals surface area contributed by atoms with E-state index < -0.39 is 0 Å². The summed E-state index contributed by atoms with van der Waals surface area (Å²) in [4.78, 5) is 14.1. The molecule has 0 aromatic carbocycles. The van der Waals surface area contributed by atoms with Crippen molar-refractivity contribution in [3.05, 3.63) is 16.8 Å². The number of nitrogens with zero attached hydrogens (tertiary/aromatic N) is 3. The minimum Gasteiger partial charge on any atom is -0.393 e. The van der Waals surface area contributed by atoms with Crippen LogP contribution in [0.15, 0.2) is 6.33 Å². The fourth-order valence-electron chi connectivity index (χ4n) is 4.75. The van der Waals surface area contributed by atoms with Gasteiger partial charge in [0.2, 0.25) is 0 Å². The Morgan fingerprint density at radius 3 is 2.69 bits per heavy atom. The van der Waals surface area contributed by atoms with Gasteiger partial charge < -0.3 is 15.3 Å². The molecule has 4 rings (SSSR count). The normalized spacial score (nSPS) is 27.0. The van der Waals surface area contributed by atoms with Gasteiger partial charge in [-0.15, -0.1) is 11.3 Å². The van der Waals surface area contributed by atoms with Crippen molar-refractivity contribution >= 4 is 27.4 Å². The number of hydrogen-bond donors (Lipinski definition) is 2. The lowest BCUT2D eigenvalue weighted by Crippen LogP contribution is -2.36. The number of aromatic nitrogens is 2. The van der Waals surface area contributed by atoms with Crippen LogP contribution in [0, 0.1) is 0 Å². The monoisotopic (exact) mass is 374 g/mol. The Labute approximate surface area is 159 Å². The molecule has 2 atom stereocenters. The van der Waals surface area contributed by atoms with Gasteiger partial charge in [0.1, 0.15) is 17.0 Å². The smallest absolute Gasteiger partial charge is 0.138 e. The van der Waals surface area contributed by atoms with Crippen molar-refractivity contribution in [2.45, 2.75) is 76.0 Å². The summed E-state index contributed by atoms with van der Waals surface area (Å²) < 4.78 is 0. The lowest BCUT2D eigenvalue weighted by atomic mass is 9.90. The molecule has 0 bridgehead atoms. The largest absolute Gasteiger partial charge is 0.393 e. The van der Waals surface area contributed by atoms with E-state index in [1.807, 2.05) is 18.3 Å². The molecule has 0 aliphatic heterocycles. The number of aryl methyl sites for hydroxylation is 1. The van der Waals surface area contributed by atoms with Gasteiger partial charge in [0.25, 0.3) is 0 Å². The Bertz CT molecular complexity index is 765. The molecule has 2 heterocycles. The van der Waals surface area contributed by atoms with E-state index in [0.29, 0.717) is 18.0 Å². The summed E-state index contributed by atoms with van der Waals surface area (Å²) in [6.45, 7) is 1.89. The lowest BCUT2D eigenvalue weighted by molar-refractivity contribution is 0.174. The Balaban J connectivity index is 1.58. The van der Waals surface area contributed by atoms with Gasteiger partial charge in [0, 0.05) is 17.0 Å². The number of fused-ring (bicyclic) bond motifs is 3. The molecule has 0 radical (unpaired) electrons. The van der Waals surface area contributed by atoms with Crippen LogP contribution in [-0.4, -0.2) is 52.3 Å². The minimum absolute atomic E-state index is 0.261.